The molecule has 0 N–H and O–H groups in total. The second-order valence-corrected chi connectivity index (χ2v) is 7.98. The standard InChI is InChI=1S/C23H28N4O/c1-16-15-20(21-17(2)25-26(3)22(21)24-16)23(28)27-13-11-19(12-14-27)10-9-18-7-5-4-6-8-18/h4-8,15,19H,9-14H2,1-3H3. The Kier molecular flexibility index (Phi) is 5.16. The van der Waals surface area contributed by atoms with E-state index in [2.05, 4.69) is 40.4 Å². The number of hydrogen-bond donors (Lipinski definition) is 0. The Hall–Kier alpha value is -2.69. The molecule has 1 aromatic carbocycles. The summed E-state index contributed by atoms with van der Waals surface area (Å²) in [6, 6.07) is 12.6. The minimum atomic E-state index is 0.119. The van der Waals surface area contributed by atoms with Crippen LogP contribution in [0.5, 0.6) is 0 Å². The number of piperidine rings is 1. The van der Waals surface area contributed by atoms with Gasteiger partial charge in [-0.2, -0.15) is 5.10 Å². The lowest BCUT2D eigenvalue weighted by Gasteiger charge is -2.32. The Labute approximate surface area is 166 Å². The second kappa shape index (κ2) is 7.74. The summed E-state index contributed by atoms with van der Waals surface area (Å²) in [5.41, 5.74) is 4.67. The highest BCUT2D eigenvalue weighted by molar-refractivity contribution is 6.06. The van der Waals surface area contributed by atoms with Gasteiger partial charge >= 0.3 is 0 Å². The lowest BCUT2D eigenvalue weighted by molar-refractivity contribution is 0.0688. The first-order valence-corrected chi connectivity index (χ1v) is 10.2. The number of pyridine rings is 1. The van der Waals surface area contributed by atoms with Crippen molar-refractivity contribution in [2.45, 2.75) is 39.5 Å². The maximum Gasteiger partial charge on any atom is 0.254 e. The maximum absolute atomic E-state index is 13.3. The highest BCUT2D eigenvalue weighted by Crippen LogP contribution is 2.27. The molecule has 0 unspecified atom stereocenters. The molecule has 2 aromatic heterocycles. The smallest absolute Gasteiger partial charge is 0.254 e. The zero-order valence-electron chi connectivity index (χ0n) is 17.0. The van der Waals surface area contributed by atoms with Gasteiger partial charge in [-0.05, 0) is 57.1 Å². The highest BCUT2D eigenvalue weighted by Gasteiger charge is 2.26. The first-order valence-electron chi connectivity index (χ1n) is 10.2. The molecule has 1 amide bonds. The zero-order valence-corrected chi connectivity index (χ0v) is 17.0. The number of rotatable bonds is 4. The van der Waals surface area contributed by atoms with Crippen molar-refractivity contribution in [2.24, 2.45) is 13.0 Å². The number of benzene rings is 1. The van der Waals surface area contributed by atoms with Gasteiger partial charge in [-0.1, -0.05) is 30.3 Å². The average molecular weight is 377 g/mol. The van der Waals surface area contributed by atoms with Crippen LogP contribution in [0, 0.1) is 19.8 Å². The summed E-state index contributed by atoms with van der Waals surface area (Å²) in [6.45, 7) is 5.56. The third-order valence-electron chi connectivity index (χ3n) is 5.91. The Bertz CT molecular complexity index is 985. The quantitative estimate of drug-likeness (QED) is 0.690. The van der Waals surface area contributed by atoms with Crippen molar-refractivity contribution >= 4 is 16.9 Å². The molecule has 1 fully saturated rings. The summed E-state index contributed by atoms with van der Waals surface area (Å²) in [7, 11) is 1.88. The predicted molar refractivity (Wildman–Crippen MR) is 111 cm³/mol. The maximum atomic E-state index is 13.3. The number of fused-ring (bicyclic) bond motifs is 1. The molecule has 0 spiro atoms. The van der Waals surface area contributed by atoms with E-state index in [0.717, 1.165) is 60.3 Å². The van der Waals surface area contributed by atoms with Gasteiger partial charge in [0.1, 0.15) is 0 Å². The monoisotopic (exact) mass is 376 g/mol. The van der Waals surface area contributed by atoms with Gasteiger partial charge in [0.15, 0.2) is 5.65 Å². The number of carbonyl (C=O) groups is 1. The van der Waals surface area contributed by atoms with Crippen LogP contribution in [-0.2, 0) is 13.5 Å². The van der Waals surface area contributed by atoms with Crippen LogP contribution in [0.25, 0.3) is 11.0 Å². The molecule has 0 atom stereocenters. The number of hydrogen-bond acceptors (Lipinski definition) is 3. The Balaban J connectivity index is 1.44. The molecule has 0 radical (unpaired) electrons. The molecule has 1 saturated heterocycles. The predicted octanol–water partition coefficient (Wildman–Crippen LogP) is 4.07. The van der Waals surface area contributed by atoms with E-state index in [1.165, 1.54) is 12.0 Å². The number of aromatic nitrogens is 3. The van der Waals surface area contributed by atoms with E-state index in [9.17, 15) is 4.79 Å². The van der Waals surface area contributed by atoms with Crippen molar-refractivity contribution in [3.8, 4) is 0 Å². The summed E-state index contributed by atoms with van der Waals surface area (Å²) in [6.07, 6.45) is 4.49. The summed E-state index contributed by atoms with van der Waals surface area (Å²) >= 11 is 0. The van der Waals surface area contributed by atoms with E-state index in [1.807, 2.05) is 31.9 Å². The van der Waals surface area contributed by atoms with Crippen molar-refractivity contribution in [3.63, 3.8) is 0 Å². The molecule has 3 heterocycles. The fraction of sp³-hybridized carbons (Fsp3) is 0.435. The molecule has 0 saturated carbocycles. The number of aryl methyl sites for hydroxylation is 4. The van der Waals surface area contributed by atoms with E-state index in [4.69, 9.17) is 0 Å². The average Bonchev–Trinajstić information content (AvgIpc) is 3.00. The lowest BCUT2D eigenvalue weighted by atomic mass is 9.90. The summed E-state index contributed by atoms with van der Waals surface area (Å²) in [5.74, 6) is 0.816. The molecule has 1 aliphatic heterocycles. The molecule has 5 heteroatoms. The van der Waals surface area contributed by atoms with Crippen molar-refractivity contribution in [1.82, 2.24) is 19.7 Å². The molecule has 3 aromatic rings. The third-order valence-corrected chi connectivity index (χ3v) is 5.91. The van der Waals surface area contributed by atoms with Crippen LogP contribution >= 0.6 is 0 Å². The van der Waals surface area contributed by atoms with Crippen LogP contribution in [0.3, 0.4) is 0 Å². The number of carbonyl (C=O) groups excluding carboxylic acids is 1. The molecule has 146 valence electrons. The fourth-order valence-corrected chi connectivity index (χ4v) is 4.35. The van der Waals surface area contributed by atoms with Gasteiger partial charge in [0.2, 0.25) is 0 Å². The van der Waals surface area contributed by atoms with Crippen LogP contribution in [0.15, 0.2) is 36.4 Å². The summed E-state index contributed by atoms with van der Waals surface area (Å²) in [4.78, 5) is 19.9. The largest absolute Gasteiger partial charge is 0.339 e. The van der Waals surface area contributed by atoms with Crippen molar-refractivity contribution in [1.29, 1.82) is 0 Å². The molecule has 28 heavy (non-hydrogen) atoms. The van der Waals surface area contributed by atoms with Crippen LogP contribution in [0.1, 0.15) is 46.6 Å². The van der Waals surface area contributed by atoms with Crippen molar-refractivity contribution in [2.75, 3.05) is 13.1 Å². The van der Waals surface area contributed by atoms with E-state index in [-0.39, 0.29) is 5.91 Å². The van der Waals surface area contributed by atoms with Crippen LogP contribution in [0.4, 0.5) is 0 Å². The third kappa shape index (κ3) is 3.66. The van der Waals surface area contributed by atoms with E-state index in [1.54, 1.807) is 4.68 Å². The molecule has 0 bridgehead atoms. The summed E-state index contributed by atoms with van der Waals surface area (Å²) in [5, 5.41) is 5.36. The van der Waals surface area contributed by atoms with Crippen molar-refractivity contribution < 1.29 is 4.79 Å². The topological polar surface area (TPSA) is 51.0 Å². The van der Waals surface area contributed by atoms with Crippen molar-refractivity contribution in [3.05, 3.63) is 58.9 Å². The van der Waals surface area contributed by atoms with Gasteiger partial charge < -0.3 is 4.90 Å². The Morgan fingerprint density at radius 1 is 1.14 bits per heavy atom. The van der Waals surface area contributed by atoms with Crippen LogP contribution in [0.2, 0.25) is 0 Å². The summed E-state index contributed by atoms with van der Waals surface area (Å²) < 4.78 is 1.77. The molecule has 1 aliphatic rings. The number of amides is 1. The molecule has 0 aliphatic carbocycles. The second-order valence-electron chi connectivity index (χ2n) is 7.98. The van der Waals surface area contributed by atoms with E-state index < -0.39 is 0 Å². The van der Waals surface area contributed by atoms with Crippen LogP contribution < -0.4 is 0 Å². The van der Waals surface area contributed by atoms with Gasteiger partial charge in [0.05, 0.1) is 16.6 Å². The molecular weight excluding hydrogens is 348 g/mol. The fourth-order valence-electron chi connectivity index (χ4n) is 4.35. The van der Waals surface area contributed by atoms with Gasteiger partial charge in [-0.3, -0.25) is 9.48 Å². The number of nitrogens with zero attached hydrogens (tertiary/aromatic N) is 4. The first-order chi connectivity index (χ1) is 13.5. The lowest BCUT2D eigenvalue weighted by Crippen LogP contribution is -2.38. The van der Waals surface area contributed by atoms with E-state index in [0.29, 0.717) is 5.92 Å². The van der Waals surface area contributed by atoms with Gasteiger partial charge in [-0.15, -0.1) is 0 Å². The van der Waals surface area contributed by atoms with E-state index >= 15 is 0 Å². The van der Waals surface area contributed by atoms with Gasteiger partial charge in [-0.25, -0.2) is 4.98 Å². The highest BCUT2D eigenvalue weighted by atomic mass is 16.2. The first kappa shape index (κ1) is 18.7. The number of likely N-dealkylation sites (tertiary alicyclic amines) is 1. The normalized spacial score (nSPS) is 15.3. The molecule has 4 rings (SSSR count). The Morgan fingerprint density at radius 2 is 1.86 bits per heavy atom. The van der Waals surface area contributed by atoms with Gasteiger partial charge in [0.25, 0.3) is 5.91 Å². The van der Waals surface area contributed by atoms with Crippen LogP contribution in [-0.4, -0.2) is 38.7 Å². The molecular formula is C23H28N4O. The minimum Gasteiger partial charge on any atom is -0.339 e. The molecule has 5 nitrogen and oxygen atoms in total. The Morgan fingerprint density at radius 3 is 2.57 bits per heavy atom. The zero-order chi connectivity index (χ0) is 19.7. The van der Waals surface area contributed by atoms with Gasteiger partial charge in [0, 0.05) is 25.8 Å². The SMILES string of the molecule is Cc1cc(C(=O)N2CCC(CCc3ccccc3)CC2)c2c(C)nn(C)c2n1. The minimum absolute atomic E-state index is 0.119.